The predicted octanol–water partition coefficient (Wildman–Crippen LogP) is 3.17. The van der Waals surface area contributed by atoms with Crippen LogP contribution in [-0.2, 0) is 14.3 Å². The molecule has 0 spiro atoms. The fourth-order valence-electron chi connectivity index (χ4n) is 3.65. The van der Waals surface area contributed by atoms with Crippen LogP contribution in [0, 0.1) is 5.92 Å². The van der Waals surface area contributed by atoms with Crippen molar-refractivity contribution in [3.63, 3.8) is 0 Å². The fourth-order valence-corrected chi connectivity index (χ4v) is 3.77. The molecule has 1 N–H and O–H groups in total. The molecule has 2 fully saturated rings. The first kappa shape index (κ1) is 18.8. The molecule has 146 valence electrons. The number of para-hydroxylation sites is 2. The number of amides is 2. The fraction of sp³-hybridized carbons (Fsp3) is 0.333. The van der Waals surface area contributed by atoms with E-state index in [1.165, 1.54) is 0 Å². The zero-order valence-corrected chi connectivity index (χ0v) is 16.2. The molecule has 0 radical (unpaired) electrons. The van der Waals surface area contributed by atoms with Crippen LogP contribution >= 0.6 is 11.6 Å². The second-order valence-electron chi connectivity index (χ2n) is 6.99. The van der Waals surface area contributed by atoms with E-state index in [-0.39, 0.29) is 24.2 Å². The molecule has 2 aliphatic heterocycles. The number of ether oxygens (including phenoxy) is 1. The summed E-state index contributed by atoms with van der Waals surface area (Å²) in [6, 6.07) is 14.9. The molecule has 0 aliphatic carbocycles. The molecule has 2 amide bonds. The Kier molecular flexibility index (Phi) is 5.50. The minimum absolute atomic E-state index is 0.0519. The minimum atomic E-state index is -0.388. The van der Waals surface area contributed by atoms with Crippen molar-refractivity contribution in [2.45, 2.75) is 6.42 Å². The van der Waals surface area contributed by atoms with Gasteiger partial charge >= 0.3 is 0 Å². The highest BCUT2D eigenvalue weighted by Gasteiger charge is 2.35. The number of carbonyl (C=O) groups is 2. The van der Waals surface area contributed by atoms with Crippen LogP contribution in [-0.4, -0.2) is 44.7 Å². The number of nitrogens with one attached hydrogen (secondary N) is 1. The minimum Gasteiger partial charge on any atom is -0.378 e. The predicted molar refractivity (Wildman–Crippen MR) is 110 cm³/mol. The summed E-state index contributed by atoms with van der Waals surface area (Å²) in [4.78, 5) is 29.2. The van der Waals surface area contributed by atoms with Crippen LogP contribution in [0.15, 0.2) is 48.5 Å². The molecule has 2 saturated heterocycles. The number of hydrogen-bond acceptors (Lipinski definition) is 4. The average molecular weight is 400 g/mol. The largest absolute Gasteiger partial charge is 0.378 e. The third-order valence-corrected chi connectivity index (χ3v) is 5.40. The maximum absolute atomic E-state index is 12.9. The van der Waals surface area contributed by atoms with Gasteiger partial charge in [-0.05, 0) is 36.4 Å². The average Bonchev–Trinajstić information content (AvgIpc) is 3.11. The van der Waals surface area contributed by atoms with Gasteiger partial charge in [0.1, 0.15) is 0 Å². The van der Waals surface area contributed by atoms with Gasteiger partial charge in [0.15, 0.2) is 0 Å². The number of halogens is 1. The van der Waals surface area contributed by atoms with Gasteiger partial charge < -0.3 is 19.9 Å². The van der Waals surface area contributed by atoms with Crippen LogP contribution in [0.1, 0.15) is 6.42 Å². The van der Waals surface area contributed by atoms with Crippen molar-refractivity contribution in [2.24, 2.45) is 5.92 Å². The zero-order valence-electron chi connectivity index (χ0n) is 15.4. The highest BCUT2D eigenvalue weighted by atomic mass is 35.5. The molecule has 1 atom stereocenters. The van der Waals surface area contributed by atoms with Gasteiger partial charge in [0, 0.05) is 36.8 Å². The van der Waals surface area contributed by atoms with E-state index in [9.17, 15) is 9.59 Å². The van der Waals surface area contributed by atoms with Crippen molar-refractivity contribution in [2.75, 3.05) is 48.0 Å². The summed E-state index contributed by atoms with van der Waals surface area (Å²) in [6.07, 6.45) is 0.203. The lowest BCUT2D eigenvalue weighted by Gasteiger charge is -2.30. The van der Waals surface area contributed by atoms with Gasteiger partial charge in [-0.2, -0.15) is 0 Å². The topological polar surface area (TPSA) is 61.9 Å². The highest BCUT2D eigenvalue weighted by Crippen LogP contribution is 2.30. The normalized spacial score (nSPS) is 19.8. The molecular weight excluding hydrogens is 378 g/mol. The Labute approximate surface area is 169 Å². The Morgan fingerprint density at radius 1 is 1.07 bits per heavy atom. The van der Waals surface area contributed by atoms with Crippen molar-refractivity contribution >= 4 is 40.5 Å². The number of benzene rings is 2. The monoisotopic (exact) mass is 399 g/mol. The van der Waals surface area contributed by atoms with Gasteiger partial charge in [0.2, 0.25) is 11.8 Å². The van der Waals surface area contributed by atoms with Gasteiger partial charge in [-0.25, -0.2) is 0 Å². The molecule has 6 nitrogen and oxygen atoms in total. The Morgan fingerprint density at radius 3 is 2.54 bits per heavy atom. The number of morpholine rings is 1. The smallest absolute Gasteiger partial charge is 0.229 e. The molecule has 2 aromatic rings. The summed E-state index contributed by atoms with van der Waals surface area (Å²) in [5.41, 5.74) is 2.52. The van der Waals surface area contributed by atoms with E-state index in [4.69, 9.17) is 16.3 Å². The second-order valence-corrected chi connectivity index (χ2v) is 7.42. The number of hydrogen-bond donors (Lipinski definition) is 1. The molecule has 1 unspecified atom stereocenters. The molecule has 2 aliphatic rings. The van der Waals surface area contributed by atoms with E-state index in [0.29, 0.717) is 24.8 Å². The lowest BCUT2D eigenvalue weighted by Crippen LogP contribution is -2.37. The third kappa shape index (κ3) is 3.98. The van der Waals surface area contributed by atoms with Crippen molar-refractivity contribution in [3.05, 3.63) is 53.6 Å². The van der Waals surface area contributed by atoms with Crippen LogP contribution in [0.3, 0.4) is 0 Å². The molecule has 0 saturated carbocycles. The van der Waals surface area contributed by atoms with Crippen molar-refractivity contribution in [3.8, 4) is 0 Å². The summed E-state index contributed by atoms with van der Waals surface area (Å²) < 4.78 is 5.42. The van der Waals surface area contributed by atoms with Gasteiger partial charge in [-0.3, -0.25) is 9.59 Å². The molecule has 2 aromatic carbocycles. The van der Waals surface area contributed by atoms with E-state index >= 15 is 0 Å². The van der Waals surface area contributed by atoms with E-state index in [1.54, 1.807) is 29.2 Å². The molecule has 7 heteroatoms. The van der Waals surface area contributed by atoms with Gasteiger partial charge in [0.05, 0.1) is 30.5 Å². The second kappa shape index (κ2) is 8.20. The summed E-state index contributed by atoms with van der Waals surface area (Å²) in [6.45, 7) is 3.30. The Bertz CT molecular complexity index is 865. The lowest BCUT2D eigenvalue weighted by atomic mass is 10.1. The molecule has 0 aromatic heterocycles. The van der Waals surface area contributed by atoms with Crippen LogP contribution in [0.25, 0.3) is 0 Å². The standard InChI is InChI=1S/C21H22ClN3O3/c22-16-5-7-17(8-6-16)25-14-15(13-20(25)26)21(27)23-18-3-1-2-4-19(18)24-9-11-28-12-10-24/h1-8,15H,9-14H2,(H,23,27). The van der Waals surface area contributed by atoms with E-state index in [2.05, 4.69) is 10.2 Å². The van der Waals surface area contributed by atoms with E-state index in [1.807, 2.05) is 24.3 Å². The Balaban J connectivity index is 1.46. The van der Waals surface area contributed by atoms with Gasteiger partial charge in [-0.1, -0.05) is 23.7 Å². The number of rotatable bonds is 4. The van der Waals surface area contributed by atoms with Crippen LogP contribution in [0.4, 0.5) is 17.1 Å². The molecule has 2 heterocycles. The first-order valence-electron chi connectivity index (χ1n) is 9.40. The summed E-state index contributed by atoms with van der Waals surface area (Å²) >= 11 is 5.92. The number of carbonyl (C=O) groups excluding carboxylic acids is 2. The first-order valence-corrected chi connectivity index (χ1v) is 9.78. The molecule has 4 rings (SSSR count). The van der Waals surface area contributed by atoms with Crippen molar-refractivity contribution < 1.29 is 14.3 Å². The summed E-state index contributed by atoms with van der Waals surface area (Å²) in [5, 5.41) is 3.65. The highest BCUT2D eigenvalue weighted by molar-refractivity contribution is 6.30. The molecule has 28 heavy (non-hydrogen) atoms. The summed E-state index contributed by atoms with van der Waals surface area (Å²) in [7, 11) is 0. The Hall–Kier alpha value is -2.57. The van der Waals surface area contributed by atoms with Crippen LogP contribution in [0.5, 0.6) is 0 Å². The summed E-state index contributed by atoms with van der Waals surface area (Å²) in [5.74, 6) is -0.574. The van der Waals surface area contributed by atoms with Crippen molar-refractivity contribution in [1.82, 2.24) is 0 Å². The van der Waals surface area contributed by atoms with E-state index < -0.39 is 0 Å². The third-order valence-electron chi connectivity index (χ3n) is 5.15. The number of anilines is 3. The van der Waals surface area contributed by atoms with Gasteiger partial charge in [-0.15, -0.1) is 0 Å². The maximum Gasteiger partial charge on any atom is 0.229 e. The molecule has 0 bridgehead atoms. The van der Waals surface area contributed by atoms with Gasteiger partial charge in [0.25, 0.3) is 0 Å². The quantitative estimate of drug-likeness (QED) is 0.857. The molecular formula is C21H22ClN3O3. The first-order chi connectivity index (χ1) is 13.6. The van der Waals surface area contributed by atoms with Crippen LogP contribution in [0.2, 0.25) is 5.02 Å². The van der Waals surface area contributed by atoms with E-state index in [0.717, 1.165) is 30.2 Å². The maximum atomic E-state index is 12.9. The van der Waals surface area contributed by atoms with Crippen LogP contribution < -0.4 is 15.1 Å². The zero-order chi connectivity index (χ0) is 19.5. The number of nitrogens with zero attached hydrogens (tertiary/aromatic N) is 2. The lowest BCUT2D eigenvalue weighted by molar-refractivity contribution is -0.122. The Morgan fingerprint density at radius 2 is 1.79 bits per heavy atom. The SMILES string of the molecule is O=C(Nc1ccccc1N1CCOCC1)C1CC(=O)N(c2ccc(Cl)cc2)C1. The van der Waals surface area contributed by atoms with Crippen molar-refractivity contribution in [1.29, 1.82) is 0 Å².